The van der Waals surface area contributed by atoms with E-state index in [1.54, 1.807) is 19.1 Å². The Bertz CT molecular complexity index is 655. The lowest BCUT2D eigenvalue weighted by molar-refractivity contribution is -0.141. The zero-order valence-corrected chi connectivity index (χ0v) is 13.0. The molecule has 4 nitrogen and oxygen atoms in total. The molecule has 1 aromatic carbocycles. The predicted octanol–water partition coefficient (Wildman–Crippen LogP) is 3.34. The van der Waals surface area contributed by atoms with Gasteiger partial charge in [-0.15, -0.1) is 0 Å². The van der Waals surface area contributed by atoms with Crippen LogP contribution >= 0.6 is 0 Å². The van der Waals surface area contributed by atoms with E-state index >= 15 is 0 Å². The van der Waals surface area contributed by atoms with Gasteiger partial charge in [0.05, 0.1) is 5.56 Å². The molecule has 1 aliphatic rings. The van der Waals surface area contributed by atoms with Crippen molar-refractivity contribution in [1.82, 2.24) is 5.32 Å². The van der Waals surface area contributed by atoms with E-state index < -0.39 is 41.5 Å². The number of aliphatic carboxylic acids is 1. The van der Waals surface area contributed by atoms with Gasteiger partial charge in [0.2, 0.25) is 5.91 Å². The molecule has 2 rings (SSSR count). The summed E-state index contributed by atoms with van der Waals surface area (Å²) < 4.78 is 39.1. The number of amides is 1. The molecule has 0 aromatic heterocycles. The van der Waals surface area contributed by atoms with Crippen LogP contribution in [0.25, 0.3) is 0 Å². The summed E-state index contributed by atoms with van der Waals surface area (Å²) in [7, 11) is 0. The van der Waals surface area contributed by atoms with Crippen molar-refractivity contribution in [3.05, 3.63) is 47.5 Å². The summed E-state index contributed by atoms with van der Waals surface area (Å²) in [4.78, 5) is 23.3. The summed E-state index contributed by atoms with van der Waals surface area (Å²) >= 11 is 0. The van der Waals surface area contributed by atoms with Crippen LogP contribution in [0, 0.1) is 5.92 Å². The molecule has 0 radical (unpaired) electrons. The number of hydrogen-bond donors (Lipinski definition) is 2. The number of hydrogen-bond acceptors (Lipinski definition) is 2. The van der Waals surface area contributed by atoms with Crippen LogP contribution < -0.4 is 5.32 Å². The lowest BCUT2D eigenvalue weighted by atomic mass is 10.0. The first-order valence-corrected chi connectivity index (χ1v) is 7.56. The van der Waals surface area contributed by atoms with Crippen LogP contribution in [0.15, 0.2) is 36.4 Å². The Labute approximate surface area is 137 Å². The standard InChI is InChI=1S/C17H18F3NO3/c1-2-3-8-14(16(23)24)21-15(22)12-9-11(12)10-6-4-5-7-13(10)17(18,19)20/h2-7,11-12,14H,8-9H2,1H3,(H,21,22)(H,23,24)/b3-2+. The zero-order valence-electron chi connectivity index (χ0n) is 13.0. The van der Waals surface area contributed by atoms with Crippen molar-refractivity contribution in [2.45, 2.75) is 37.9 Å². The first-order valence-electron chi connectivity index (χ1n) is 7.56. The topological polar surface area (TPSA) is 66.4 Å². The van der Waals surface area contributed by atoms with Crippen LogP contribution in [0.2, 0.25) is 0 Å². The molecular formula is C17H18F3NO3. The first kappa shape index (κ1) is 18.0. The predicted molar refractivity (Wildman–Crippen MR) is 81.3 cm³/mol. The van der Waals surface area contributed by atoms with Crippen LogP contribution in [0.3, 0.4) is 0 Å². The van der Waals surface area contributed by atoms with Crippen molar-refractivity contribution >= 4 is 11.9 Å². The van der Waals surface area contributed by atoms with E-state index in [1.807, 2.05) is 0 Å². The molecule has 3 atom stereocenters. The van der Waals surface area contributed by atoms with E-state index in [-0.39, 0.29) is 18.4 Å². The molecule has 0 saturated heterocycles. The van der Waals surface area contributed by atoms with Gasteiger partial charge in [-0.1, -0.05) is 30.4 Å². The Hall–Kier alpha value is -2.31. The van der Waals surface area contributed by atoms with Gasteiger partial charge in [-0.2, -0.15) is 13.2 Å². The van der Waals surface area contributed by atoms with Crippen molar-refractivity contribution in [1.29, 1.82) is 0 Å². The third-order valence-corrected chi connectivity index (χ3v) is 4.01. The number of carbonyl (C=O) groups excluding carboxylic acids is 1. The number of nitrogens with one attached hydrogen (secondary N) is 1. The summed E-state index contributed by atoms with van der Waals surface area (Å²) in [5.74, 6) is -2.84. The van der Waals surface area contributed by atoms with Gasteiger partial charge in [-0.05, 0) is 37.3 Å². The molecule has 0 aliphatic heterocycles. The molecule has 0 spiro atoms. The molecule has 1 aliphatic carbocycles. The monoisotopic (exact) mass is 341 g/mol. The molecule has 130 valence electrons. The number of halogens is 3. The van der Waals surface area contributed by atoms with Crippen molar-refractivity contribution in [2.75, 3.05) is 0 Å². The number of carboxylic acids is 1. The van der Waals surface area contributed by atoms with Crippen LogP contribution in [-0.2, 0) is 15.8 Å². The summed E-state index contributed by atoms with van der Waals surface area (Å²) in [6.07, 6.45) is -0.775. The second kappa shape index (κ2) is 7.07. The first-order chi connectivity index (χ1) is 11.3. The highest BCUT2D eigenvalue weighted by molar-refractivity contribution is 5.87. The fourth-order valence-corrected chi connectivity index (χ4v) is 2.68. The maximum Gasteiger partial charge on any atom is 0.416 e. The van der Waals surface area contributed by atoms with Gasteiger partial charge < -0.3 is 10.4 Å². The molecule has 1 amide bonds. The third-order valence-electron chi connectivity index (χ3n) is 4.01. The second-order valence-electron chi connectivity index (χ2n) is 5.74. The number of allylic oxidation sites excluding steroid dienone is 1. The van der Waals surface area contributed by atoms with Crippen molar-refractivity contribution in [3.63, 3.8) is 0 Å². The number of alkyl halides is 3. The maximum atomic E-state index is 13.0. The Morgan fingerprint density at radius 2 is 2.04 bits per heavy atom. The van der Waals surface area contributed by atoms with Gasteiger partial charge in [0.25, 0.3) is 0 Å². The molecule has 2 N–H and O–H groups in total. The van der Waals surface area contributed by atoms with Crippen LogP contribution in [0.5, 0.6) is 0 Å². The molecule has 1 saturated carbocycles. The number of carbonyl (C=O) groups is 2. The number of rotatable bonds is 6. The summed E-state index contributed by atoms with van der Waals surface area (Å²) in [5, 5.41) is 11.5. The van der Waals surface area contributed by atoms with Gasteiger partial charge in [0, 0.05) is 5.92 Å². The van der Waals surface area contributed by atoms with Crippen LogP contribution in [0.4, 0.5) is 13.2 Å². The minimum absolute atomic E-state index is 0.0884. The van der Waals surface area contributed by atoms with Crippen molar-refractivity contribution in [2.24, 2.45) is 5.92 Å². The fourth-order valence-electron chi connectivity index (χ4n) is 2.68. The van der Waals surface area contributed by atoms with Gasteiger partial charge >= 0.3 is 12.1 Å². The molecule has 24 heavy (non-hydrogen) atoms. The highest BCUT2D eigenvalue weighted by Crippen LogP contribution is 2.51. The Morgan fingerprint density at radius 3 is 2.62 bits per heavy atom. The normalized spacial score (nSPS) is 21.5. The van der Waals surface area contributed by atoms with Crippen molar-refractivity contribution in [3.8, 4) is 0 Å². The maximum absolute atomic E-state index is 13.0. The minimum atomic E-state index is -4.48. The lowest BCUT2D eigenvalue weighted by Crippen LogP contribution is -2.41. The van der Waals surface area contributed by atoms with E-state index in [2.05, 4.69) is 5.32 Å². The fraction of sp³-hybridized carbons (Fsp3) is 0.412. The number of carboxylic acid groups (broad SMARTS) is 1. The largest absolute Gasteiger partial charge is 0.480 e. The highest BCUT2D eigenvalue weighted by Gasteiger charge is 2.48. The zero-order chi connectivity index (χ0) is 17.9. The van der Waals surface area contributed by atoms with Gasteiger partial charge in [0.15, 0.2) is 0 Å². The van der Waals surface area contributed by atoms with E-state index in [9.17, 15) is 22.8 Å². The van der Waals surface area contributed by atoms with E-state index in [0.29, 0.717) is 0 Å². The third kappa shape index (κ3) is 4.15. The average Bonchev–Trinajstić information content (AvgIpc) is 3.30. The molecule has 0 heterocycles. The van der Waals surface area contributed by atoms with Gasteiger partial charge in [-0.25, -0.2) is 4.79 Å². The van der Waals surface area contributed by atoms with E-state index in [0.717, 1.165) is 6.07 Å². The Kier molecular flexibility index (Phi) is 5.31. The SMILES string of the molecule is C/C=C/CC(NC(=O)C1CC1c1ccccc1C(F)(F)F)C(=O)O. The highest BCUT2D eigenvalue weighted by atomic mass is 19.4. The average molecular weight is 341 g/mol. The summed E-state index contributed by atoms with van der Waals surface area (Å²) in [6.45, 7) is 1.73. The Morgan fingerprint density at radius 1 is 1.38 bits per heavy atom. The lowest BCUT2D eigenvalue weighted by Gasteiger charge is -2.14. The van der Waals surface area contributed by atoms with Gasteiger partial charge in [-0.3, -0.25) is 4.79 Å². The molecule has 0 bridgehead atoms. The molecule has 1 aromatic rings. The van der Waals surface area contributed by atoms with E-state index in [1.165, 1.54) is 18.2 Å². The molecule has 7 heteroatoms. The van der Waals surface area contributed by atoms with Gasteiger partial charge in [0.1, 0.15) is 6.04 Å². The Balaban J connectivity index is 2.07. The quantitative estimate of drug-likeness (QED) is 0.780. The van der Waals surface area contributed by atoms with Crippen LogP contribution in [0.1, 0.15) is 36.8 Å². The molecular weight excluding hydrogens is 323 g/mol. The molecule has 1 fully saturated rings. The molecule has 3 unspecified atom stereocenters. The smallest absolute Gasteiger partial charge is 0.416 e. The minimum Gasteiger partial charge on any atom is -0.480 e. The summed E-state index contributed by atoms with van der Waals surface area (Å²) in [5.41, 5.74) is -0.653. The van der Waals surface area contributed by atoms with E-state index in [4.69, 9.17) is 5.11 Å². The second-order valence-corrected chi connectivity index (χ2v) is 5.74. The number of benzene rings is 1. The summed E-state index contributed by atoms with van der Waals surface area (Å²) in [6, 6.07) is 4.10. The van der Waals surface area contributed by atoms with Crippen LogP contribution in [-0.4, -0.2) is 23.0 Å². The van der Waals surface area contributed by atoms with Crippen molar-refractivity contribution < 1.29 is 27.9 Å².